The van der Waals surface area contributed by atoms with Crippen LogP contribution in [0.25, 0.3) is 0 Å². The van der Waals surface area contributed by atoms with Gasteiger partial charge in [0.25, 0.3) is 0 Å². The van der Waals surface area contributed by atoms with Crippen molar-refractivity contribution in [2.45, 2.75) is 76.9 Å². The molecule has 0 aromatic heterocycles. The highest BCUT2D eigenvalue weighted by molar-refractivity contribution is 6.01. The number of halogens is 2. The zero-order chi connectivity index (χ0) is 21.8. The minimum atomic E-state index is -2.15. The van der Waals surface area contributed by atoms with E-state index in [1.54, 1.807) is 6.92 Å². The highest BCUT2D eigenvalue weighted by Gasteiger charge is 2.73. The predicted octanol–water partition coefficient (Wildman–Crippen LogP) is 3.30. The molecular weight excluding hydrogens is 378 g/mol. The van der Waals surface area contributed by atoms with Crippen molar-refractivity contribution < 1.29 is 28.9 Å². The van der Waals surface area contributed by atoms with Gasteiger partial charge in [-0.2, -0.15) is 0 Å². The summed E-state index contributed by atoms with van der Waals surface area (Å²) in [6, 6.07) is 0. The summed E-state index contributed by atoms with van der Waals surface area (Å²) in [6.45, 7) is 7.43. The maximum atomic E-state index is 16.7. The highest BCUT2D eigenvalue weighted by Crippen LogP contribution is 2.67. The molecule has 3 saturated carbocycles. The fourth-order valence-corrected chi connectivity index (χ4v) is 6.90. The zero-order valence-corrected chi connectivity index (χ0v) is 17.7. The van der Waals surface area contributed by atoms with E-state index in [4.69, 9.17) is 0 Å². The molecule has 3 N–H and O–H groups in total. The van der Waals surface area contributed by atoms with E-state index in [1.165, 1.54) is 18.2 Å². The third kappa shape index (κ3) is 2.89. The topological polar surface area (TPSA) is 77.8 Å². The predicted molar refractivity (Wildman–Crippen MR) is 107 cm³/mol. The van der Waals surface area contributed by atoms with Crippen LogP contribution in [0, 0.1) is 29.1 Å². The second-order valence-electron chi connectivity index (χ2n) is 9.26. The van der Waals surface area contributed by atoms with Gasteiger partial charge < -0.3 is 15.3 Å². The highest BCUT2D eigenvalue weighted by atomic mass is 19.1. The van der Waals surface area contributed by atoms with Crippen LogP contribution >= 0.6 is 0 Å². The molecule has 9 atom stereocenters. The van der Waals surface area contributed by atoms with Crippen LogP contribution in [0.3, 0.4) is 0 Å². The molecule has 0 aromatic rings. The van der Waals surface area contributed by atoms with Crippen molar-refractivity contribution in [2.24, 2.45) is 29.1 Å². The standard InChI is InChI=1S/C21H28F2O4.C2H6/c1-11-7-14-15-9-17(22)16-8-12(25)3-5-19(16,2)21(15,23)18(26)10-20(14,27)13(11)4-6-24;1-2/h3,5,8,11,13-15,17-18,24,26-27H,4,6-7,9-10H2,1-2H3;1-2H3/t11-,13?,14?,15?,17+,18?,19?,20?,21+;/m1./s1. The lowest BCUT2D eigenvalue weighted by Gasteiger charge is -2.61. The molecule has 0 aliphatic heterocycles. The summed E-state index contributed by atoms with van der Waals surface area (Å²) in [6.07, 6.45) is 1.48. The number of rotatable bonds is 2. The number of allylic oxidation sites excluding steroid dienone is 4. The van der Waals surface area contributed by atoms with Gasteiger partial charge in [-0.05, 0) is 61.7 Å². The number of carbonyl (C=O) groups excluding carboxylic acids is 1. The Morgan fingerprint density at radius 3 is 2.52 bits per heavy atom. The summed E-state index contributed by atoms with van der Waals surface area (Å²) in [4.78, 5) is 11.8. The number of ketones is 1. The molecule has 0 spiro atoms. The molecule has 0 amide bonds. The third-order valence-electron chi connectivity index (χ3n) is 8.14. The van der Waals surface area contributed by atoms with Gasteiger partial charge in [0.15, 0.2) is 11.5 Å². The van der Waals surface area contributed by atoms with Crippen molar-refractivity contribution in [1.82, 2.24) is 0 Å². The summed E-state index contributed by atoms with van der Waals surface area (Å²) in [5, 5.41) is 31.8. The van der Waals surface area contributed by atoms with Gasteiger partial charge in [-0.25, -0.2) is 8.78 Å². The van der Waals surface area contributed by atoms with Crippen LogP contribution in [0.1, 0.15) is 53.4 Å². The number of aliphatic hydroxyl groups excluding tert-OH is 2. The quantitative estimate of drug-likeness (QED) is 0.650. The van der Waals surface area contributed by atoms with Gasteiger partial charge in [0.05, 0.1) is 11.7 Å². The Bertz CT molecular complexity index is 722. The molecule has 0 heterocycles. The molecular formula is C23H34F2O4. The second-order valence-corrected chi connectivity index (χ2v) is 9.26. The van der Waals surface area contributed by atoms with Gasteiger partial charge in [0.2, 0.25) is 0 Å². The first-order valence-electron chi connectivity index (χ1n) is 10.9. The minimum absolute atomic E-state index is 0.0491. The Morgan fingerprint density at radius 1 is 1.24 bits per heavy atom. The van der Waals surface area contributed by atoms with Gasteiger partial charge in [0, 0.05) is 24.4 Å². The molecule has 0 radical (unpaired) electrons. The number of alkyl halides is 2. The Labute approximate surface area is 171 Å². The maximum Gasteiger partial charge on any atom is 0.178 e. The van der Waals surface area contributed by atoms with Crippen molar-refractivity contribution in [3.63, 3.8) is 0 Å². The fourth-order valence-electron chi connectivity index (χ4n) is 6.90. The molecule has 164 valence electrons. The zero-order valence-electron chi connectivity index (χ0n) is 17.7. The van der Waals surface area contributed by atoms with E-state index in [2.05, 4.69) is 0 Å². The van der Waals surface area contributed by atoms with Crippen molar-refractivity contribution in [3.8, 4) is 0 Å². The normalized spacial score (nSPS) is 50.7. The molecule has 0 aromatic carbocycles. The van der Waals surface area contributed by atoms with Gasteiger partial charge in [0.1, 0.15) is 6.17 Å². The fraction of sp³-hybridized carbons (Fsp3) is 0.783. The number of carbonyl (C=O) groups is 1. The number of fused-ring (bicyclic) bond motifs is 5. The Balaban J connectivity index is 0.00000117. The van der Waals surface area contributed by atoms with E-state index in [0.717, 1.165) is 0 Å². The molecule has 4 rings (SSSR count). The van der Waals surface area contributed by atoms with Crippen LogP contribution in [0.5, 0.6) is 0 Å². The van der Waals surface area contributed by atoms with Crippen molar-refractivity contribution >= 4 is 5.78 Å². The van der Waals surface area contributed by atoms with Gasteiger partial charge >= 0.3 is 0 Å². The van der Waals surface area contributed by atoms with Crippen molar-refractivity contribution in [2.75, 3.05) is 6.61 Å². The molecule has 0 saturated heterocycles. The van der Waals surface area contributed by atoms with Crippen LogP contribution in [-0.2, 0) is 4.79 Å². The summed E-state index contributed by atoms with van der Waals surface area (Å²) >= 11 is 0. The molecule has 6 unspecified atom stereocenters. The van der Waals surface area contributed by atoms with Gasteiger partial charge in [-0.1, -0.05) is 26.8 Å². The molecule has 6 heteroatoms. The lowest BCUT2D eigenvalue weighted by Crippen LogP contribution is -2.70. The summed E-state index contributed by atoms with van der Waals surface area (Å²) in [7, 11) is 0. The first-order chi connectivity index (χ1) is 13.6. The first kappa shape index (κ1) is 22.6. The van der Waals surface area contributed by atoms with E-state index >= 15 is 8.78 Å². The van der Waals surface area contributed by atoms with Crippen LogP contribution in [0.4, 0.5) is 8.78 Å². The largest absolute Gasteiger partial charge is 0.396 e. The average Bonchev–Trinajstić information content (AvgIpc) is 2.92. The number of hydrogen-bond donors (Lipinski definition) is 3. The van der Waals surface area contributed by atoms with Crippen molar-refractivity contribution in [1.29, 1.82) is 0 Å². The first-order valence-corrected chi connectivity index (χ1v) is 10.9. The van der Waals surface area contributed by atoms with E-state index in [9.17, 15) is 20.1 Å². The summed E-state index contributed by atoms with van der Waals surface area (Å²) in [5.41, 5.74) is -4.78. The van der Waals surface area contributed by atoms with Crippen LogP contribution in [-0.4, -0.2) is 51.3 Å². The molecule has 0 bridgehead atoms. The number of aliphatic hydroxyl groups is 3. The maximum absolute atomic E-state index is 16.7. The van der Waals surface area contributed by atoms with E-state index in [1.807, 2.05) is 20.8 Å². The average molecular weight is 413 g/mol. The monoisotopic (exact) mass is 412 g/mol. The minimum Gasteiger partial charge on any atom is -0.396 e. The smallest absolute Gasteiger partial charge is 0.178 e. The van der Waals surface area contributed by atoms with Crippen LogP contribution in [0.2, 0.25) is 0 Å². The lowest BCUT2D eigenvalue weighted by molar-refractivity contribution is -0.229. The van der Waals surface area contributed by atoms with E-state index < -0.39 is 40.8 Å². The van der Waals surface area contributed by atoms with Crippen molar-refractivity contribution in [3.05, 3.63) is 23.8 Å². The van der Waals surface area contributed by atoms with Gasteiger partial charge in [-0.15, -0.1) is 0 Å². The lowest BCUT2D eigenvalue weighted by atomic mass is 9.47. The Hall–Kier alpha value is -1.11. The SMILES string of the molecule is CC.C[C@@H]1CC2C3C[C@H](F)C4=CC(=O)C=CC4(C)[C@@]3(F)C(O)CC2(O)C1CCO. The van der Waals surface area contributed by atoms with Crippen LogP contribution < -0.4 is 0 Å². The van der Waals surface area contributed by atoms with Crippen LogP contribution in [0.15, 0.2) is 23.8 Å². The number of hydrogen-bond acceptors (Lipinski definition) is 4. The Kier molecular flexibility index (Phi) is 5.87. The summed E-state index contributed by atoms with van der Waals surface area (Å²) < 4.78 is 31.8. The molecule has 29 heavy (non-hydrogen) atoms. The van der Waals surface area contributed by atoms with E-state index in [-0.39, 0.29) is 42.6 Å². The van der Waals surface area contributed by atoms with Gasteiger partial charge in [-0.3, -0.25) is 4.79 Å². The molecule has 4 aliphatic carbocycles. The molecule has 3 fully saturated rings. The molecule has 4 nitrogen and oxygen atoms in total. The van der Waals surface area contributed by atoms with E-state index in [0.29, 0.717) is 12.8 Å². The summed E-state index contributed by atoms with van der Waals surface area (Å²) in [5.74, 6) is -1.91. The Morgan fingerprint density at radius 2 is 1.90 bits per heavy atom. The third-order valence-corrected chi connectivity index (χ3v) is 8.14. The second kappa shape index (κ2) is 7.54. The molecule has 4 aliphatic rings.